The zero-order chi connectivity index (χ0) is 52.2. The van der Waals surface area contributed by atoms with Gasteiger partial charge in [0.05, 0.1) is 49.8 Å². The highest BCUT2D eigenvalue weighted by atomic mass is 16.7. The molecule has 3 aromatic heterocycles. The Bertz CT molecular complexity index is 2530. The Morgan fingerprint density at radius 3 is 1.64 bits per heavy atom. The lowest BCUT2D eigenvalue weighted by Gasteiger charge is -2.44. The van der Waals surface area contributed by atoms with Crippen LogP contribution in [-0.2, 0) is 41.8 Å². The molecule has 7 rings (SSSR count). The monoisotopic (exact) mass is 999 g/mol. The van der Waals surface area contributed by atoms with Crippen molar-refractivity contribution < 1.29 is 58.2 Å². The summed E-state index contributed by atoms with van der Waals surface area (Å²) in [6.07, 6.45) is 17.8. The zero-order valence-electron chi connectivity index (χ0n) is 43.8. The molecule has 1 fully saturated rings. The van der Waals surface area contributed by atoms with Gasteiger partial charge in [0.25, 0.3) is 0 Å². The number of hydrogen-bond donors (Lipinski definition) is 5. The standard InChI is InChI=1S/C61H80N3O9/c1-40(66)32-51(68)35-53(70)37-56-38-55(36-52(69)33-41(2)67)72-61(73-56)50-14-8-43(9-15-50)34-57(46-22-28-63(5)29-23-46)59(49-24-30-64(6)31-25-49)60(48-12-10-44(39-65)11-13-48)58(47-16-18-54(71-7)19-17-47)42(3)45-20-26-62(4)27-21-45/h8-16,18-31,39-42,47,51-53,55-61,66-70H,17,32-38H2,1-7H3/q+3/t40?,41?,42-,47?,51?,52?,53?,55?,56?,57?,58?,59?,60?,61?/m0/s1. The zero-order valence-corrected chi connectivity index (χ0v) is 43.8. The van der Waals surface area contributed by atoms with Gasteiger partial charge in [0.2, 0.25) is 0 Å². The van der Waals surface area contributed by atoms with Gasteiger partial charge in [0.1, 0.15) is 33.2 Å². The van der Waals surface area contributed by atoms with Crippen LogP contribution in [0.3, 0.4) is 0 Å². The first-order valence-corrected chi connectivity index (χ1v) is 26.2. The number of aliphatic hydroxyl groups is 5. The first kappa shape index (κ1) is 55.3. The number of carbonyl (C=O) groups is 1. The number of carbonyl (C=O) groups excluding carboxylic acids is 1. The van der Waals surface area contributed by atoms with Crippen molar-refractivity contribution >= 4 is 6.29 Å². The molecular weight excluding hydrogens is 919 g/mol. The van der Waals surface area contributed by atoms with Crippen LogP contribution >= 0.6 is 0 Å². The van der Waals surface area contributed by atoms with Crippen LogP contribution in [0, 0.1) is 11.8 Å². The summed E-state index contributed by atoms with van der Waals surface area (Å²) in [5.41, 5.74) is 7.37. The number of benzene rings is 2. The third-order valence-corrected chi connectivity index (χ3v) is 15.2. The van der Waals surface area contributed by atoms with Crippen molar-refractivity contribution in [3.63, 3.8) is 0 Å². The van der Waals surface area contributed by atoms with Crippen molar-refractivity contribution in [2.24, 2.45) is 33.0 Å². The molecule has 5 N–H and O–H groups in total. The Labute approximate surface area is 432 Å². The van der Waals surface area contributed by atoms with E-state index < -0.39 is 49.0 Å². The molecule has 5 aromatic rings. The quantitative estimate of drug-likeness (QED) is 0.0315. The van der Waals surface area contributed by atoms with E-state index in [1.165, 1.54) is 16.7 Å². The van der Waals surface area contributed by atoms with Gasteiger partial charge in [-0.15, -0.1) is 0 Å². The van der Waals surface area contributed by atoms with E-state index in [1.54, 1.807) is 21.0 Å². The first-order chi connectivity index (χ1) is 35.1. The molecule has 1 aliphatic carbocycles. The minimum absolute atomic E-state index is 0.0478. The minimum atomic E-state index is -0.876. The fourth-order valence-electron chi connectivity index (χ4n) is 11.5. The van der Waals surface area contributed by atoms with Crippen molar-refractivity contribution in [1.82, 2.24) is 0 Å². The molecule has 0 spiro atoms. The summed E-state index contributed by atoms with van der Waals surface area (Å²) in [7, 11) is 7.85. The van der Waals surface area contributed by atoms with Gasteiger partial charge in [-0.2, -0.15) is 0 Å². The topological polar surface area (TPSA) is 158 Å². The van der Waals surface area contributed by atoms with Crippen molar-refractivity contribution in [1.29, 1.82) is 0 Å². The Balaban J connectivity index is 1.31. The van der Waals surface area contributed by atoms with Crippen molar-refractivity contribution in [3.8, 4) is 0 Å². The Morgan fingerprint density at radius 1 is 0.630 bits per heavy atom. The van der Waals surface area contributed by atoms with Crippen molar-refractivity contribution in [2.45, 2.75) is 145 Å². The lowest BCUT2D eigenvalue weighted by Crippen LogP contribution is -2.38. The summed E-state index contributed by atoms with van der Waals surface area (Å²) >= 11 is 0. The van der Waals surface area contributed by atoms with E-state index in [9.17, 15) is 30.3 Å². The molecule has 0 radical (unpaired) electrons. The highest BCUT2D eigenvalue weighted by Crippen LogP contribution is 2.55. The maximum atomic E-state index is 12.2. The number of rotatable bonds is 24. The van der Waals surface area contributed by atoms with Crippen LogP contribution in [0.1, 0.15) is 139 Å². The van der Waals surface area contributed by atoms with Crippen LogP contribution in [0.5, 0.6) is 0 Å². The Hall–Kier alpha value is -5.44. The van der Waals surface area contributed by atoms with Gasteiger partial charge in [-0.25, -0.2) is 13.7 Å². The fourth-order valence-corrected chi connectivity index (χ4v) is 11.5. The summed E-state index contributed by atoms with van der Waals surface area (Å²) in [5.74, 6) is 0.992. The van der Waals surface area contributed by atoms with E-state index in [4.69, 9.17) is 14.2 Å². The average Bonchev–Trinajstić information content (AvgIpc) is 3.36. The van der Waals surface area contributed by atoms with Gasteiger partial charge in [0, 0.05) is 53.9 Å². The van der Waals surface area contributed by atoms with Gasteiger partial charge >= 0.3 is 0 Å². The van der Waals surface area contributed by atoms with Crippen LogP contribution in [0.2, 0.25) is 0 Å². The van der Waals surface area contributed by atoms with Gasteiger partial charge in [0.15, 0.2) is 43.5 Å². The number of aryl methyl sites for hydroxylation is 3. The second-order valence-electron chi connectivity index (χ2n) is 21.1. The summed E-state index contributed by atoms with van der Waals surface area (Å²) in [6, 6.07) is 30.2. The number of nitrogens with zero attached hydrogens (tertiary/aromatic N) is 3. The normalized spacial score (nSPS) is 22.2. The van der Waals surface area contributed by atoms with Gasteiger partial charge in [-0.1, -0.05) is 61.5 Å². The van der Waals surface area contributed by atoms with Crippen LogP contribution in [0.4, 0.5) is 0 Å². The van der Waals surface area contributed by atoms with Gasteiger partial charge < -0.3 is 39.7 Å². The molecule has 1 aliphatic heterocycles. The molecule has 4 heterocycles. The number of aromatic nitrogens is 3. The van der Waals surface area contributed by atoms with Gasteiger partial charge in [-0.05, 0) is 134 Å². The minimum Gasteiger partial charge on any atom is -0.497 e. The van der Waals surface area contributed by atoms with E-state index >= 15 is 0 Å². The van der Waals surface area contributed by atoms with Crippen molar-refractivity contribution in [2.75, 3.05) is 7.11 Å². The summed E-state index contributed by atoms with van der Waals surface area (Å²) in [6.45, 7) is 5.64. The predicted molar refractivity (Wildman–Crippen MR) is 279 cm³/mol. The maximum Gasteiger partial charge on any atom is 0.184 e. The van der Waals surface area contributed by atoms with Crippen molar-refractivity contribution in [3.05, 3.63) is 185 Å². The largest absolute Gasteiger partial charge is 0.497 e. The number of allylic oxidation sites excluding steroid dienone is 3. The molecule has 0 amide bonds. The molecule has 12 nitrogen and oxygen atoms in total. The van der Waals surface area contributed by atoms with E-state index in [1.807, 2.05) is 33.3 Å². The number of hydrogen-bond acceptors (Lipinski definition) is 9. The summed E-state index contributed by atoms with van der Waals surface area (Å²) in [5, 5.41) is 52.4. The SMILES string of the molecule is COC1=CCC(C(C(c2ccc(C=O)cc2)C(c2cc[n+](C)cc2)C(Cc2ccc(C3OC(CC(O)CC(C)O)CC(CC(O)CC(O)CC(C)O)O3)cc2)c2cc[n+](C)cc2)[C@@H](C)c2cc[n+](C)cc2)C=C1. The molecule has 73 heavy (non-hydrogen) atoms. The number of aldehydes is 1. The van der Waals surface area contributed by atoms with E-state index in [-0.39, 0.29) is 67.6 Å². The van der Waals surface area contributed by atoms with E-state index in [2.05, 4.69) is 149 Å². The molecule has 0 saturated carbocycles. The number of pyridine rings is 3. The molecule has 12 heteroatoms. The lowest BCUT2D eigenvalue weighted by molar-refractivity contribution is -0.671. The molecule has 390 valence electrons. The van der Waals surface area contributed by atoms with Crippen LogP contribution in [0.15, 0.2) is 146 Å². The maximum absolute atomic E-state index is 12.2. The Kier molecular flexibility index (Phi) is 19.8. The average molecular weight is 999 g/mol. The third kappa shape index (κ3) is 15.3. The lowest BCUT2D eigenvalue weighted by atomic mass is 9.59. The summed E-state index contributed by atoms with van der Waals surface area (Å²) in [4.78, 5) is 12.2. The number of aliphatic hydroxyl groups excluding tert-OH is 5. The Morgan fingerprint density at radius 2 is 1.14 bits per heavy atom. The molecule has 0 bridgehead atoms. The first-order valence-electron chi connectivity index (χ1n) is 26.2. The second kappa shape index (κ2) is 26.2. The summed E-state index contributed by atoms with van der Waals surface area (Å²) < 4.78 is 25.1. The molecular formula is C61H80N3O9+3. The molecule has 1 saturated heterocycles. The molecule has 2 aromatic carbocycles. The van der Waals surface area contributed by atoms with Crippen LogP contribution in [-0.4, -0.2) is 81.7 Å². The van der Waals surface area contributed by atoms with E-state index in [0.29, 0.717) is 18.4 Å². The van der Waals surface area contributed by atoms with Crippen LogP contribution < -0.4 is 13.7 Å². The van der Waals surface area contributed by atoms with E-state index in [0.717, 1.165) is 35.2 Å². The highest BCUT2D eigenvalue weighted by molar-refractivity contribution is 5.74. The molecule has 2 aliphatic rings. The highest BCUT2D eigenvalue weighted by Gasteiger charge is 2.44. The molecule has 13 unspecified atom stereocenters. The number of ether oxygens (including phenoxy) is 3. The van der Waals surface area contributed by atoms with Crippen LogP contribution in [0.25, 0.3) is 0 Å². The van der Waals surface area contributed by atoms with Gasteiger partial charge in [-0.3, -0.25) is 4.79 Å². The molecule has 14 atom stereocenters. The second-order valence-corrected chi connectivity index (χ2v) is 21.1. The smallest absolute Gasteiger partial charge is 0.184 e. The fraction of sp³-hybridized carbons (Fsp3) is 0.475. The number of methoxy groups -OCH3 is 1. The predicted octanol–water partition coefficient (Wildman–Crippen LogP) is 7.36. The third-order valence-electron chi connectivity index (χ3n) is 15.2.